The van der Waals surface area contributed by atoms with E-state index in [0.29, 0.717) is 15.8 Å². The van der Waals surface area contributed by atoms with Crippen LogP contribution in [0.1, 0.15) is 0 Å². The van der Waals surface area contributed by atoms with E-state index in [-0.39, 0.29) is 5.23 Å². The Morgan fingerprint density at radius 2 is 2.27 bits per heavy atom. The number of halogens is 2. The summed E-state index contributed by atoms with van der Waals surface area (Å²) in [6, 6.07) is 5.00. The van der Waals surface area contributed by atoms with E-state index in [2.05, 4.69) is 4.99 Å². The molecule has 0 bridgehead atoms. The summed E-state index contributed by atoms with van der Waals surface area (Å²) in [5.41, 5.74) is 0. The molecule has 0 saturated heterocycles. The first-order valence-corrected chi connectivity index (χ1v) is 5.79. The molecule has 0 amide bonds. The van der Waals surface area contributed by atoms with Gasteiger partial charge in [0.25, 0.3) is 5.23 Å². The van der Waals surface area contributed by atoms with Gasteiger partial charge in [-0.25, -0.2) is 0 Å². The lowest BCUT2D eigenvalue weighted by molar-refractivity contribution is 0.567. The molecule has 0 saturated carbocycles. The number of hydrogen-bond donors (Lipinski definition) is 0. The van der Waals surface area contributed by atoms with Gasteiger partial charge in [0.1, 0.15) is 10.8 Å². The van der Waals surface area contributed by atoms with E-state index in [9.17, 15) is 0 Å². The summed E-state index contributed by atoms with van der Waals surface area (Å²) in [5.74, 6) is 0.382. The van der Waals surface area contributed by atoms with Crippen molar-refractivity contribution in [2.24, 2.45) is 4.99 Å². The summed E-state index contributed by atoms with van der Waals surface area (Å²) in [6.45, 7) is 0. The summed E-state index contributed by atoms with van der Waals surface area (Å²) in [6.07, 6.45) is 3.38. The van der Waals surface area contributed by atoms with Crippen LogP contribution >= 0.6 is 35.0 Å². The summed E-state index contributed by atoms with van der Waals surface area (Å²) >= 11 is 12.9. The van der Waals surface area contributed by atoms with Crippen LogP contribution in [-0.4, -0.2) is 11.5 Å². The van der Waals surface area contributed by atoms with Crippen LogP contribution in [0.3, 0.4) is 0 Å². The van der Waals surface area contributed by atoms with E-state index in [1.54, 1.807) is 30.6 Å². The second-order valence-electron chi connectivity index (χ2n) is 2.34. The smallest absolute Gasteiger partial charge is 0.266 e. The van der Waals surface area contributed by atoms with Crippen molar-refractivity contribution in [1.82, 2.24) is 0 Å². The van der Waals surface area contributed by atoms with Crippen molar-refractivity contribution in [2.75, 3.05) is 6.26 Å². The Morgan fingerprint density at radius 1 is 1.53 bits per heavy atom. The molecule has 1 aromatic carbocycles. The standard InChI is InChI=1S/C9H6Cl2N2OS/c1-15-9(13-5-12)14-7-4-2-3-6(10)8(7)11/h2-4H,1H3. The monoisotopic (exact) mass is 260 g/mol. The highest BCUT2D eigenvalue weighted by molar-refractivity contribution is 8.13. The molecule has 0 unspecified atom stereocenters. The molecule has 1 aromatic rings. The molecule has 0 aliphatic heterocycles. The minimum absolute atomic E-state index is 0.224. The third kappa shape index (κ3) is 3.31. The van der Waals surface area contributed by atoms with E-state index < -0.39 is 0 Å². The maximum Gasteiger partial charge on any atom is 0.266 e. The first kappa shape index (κ1) is 12.2. The summed E-state index contributed by atoms with van der Waals surface area (Å²) in [4.78, 5) is 3.47. The van der Waals surface area contributed by atoms with E-state index in [1.165, 1.54) is 11.8 Å². The molecule has 0 heterocycles. The van der Waals surface area contributed by atoms with Crippen LogP contribution in [0.2, 0.25) is 10.0 Å². The normalized spacial score (nSPS) is 10.9. The Bertz CT molecular complexity index is 429. The van der Waals surface area contributed by atoms with Crippen molar-refractivity contribution in [3.63, 3.8) is 0 Å². The summed E-state index contributed by atoms with van der Waals surface area (Å²) in [7, 11) is 0. The molecular weight excluding hydrogens is 255 g/mol. The quantitative estimate of drug-likeness (QED) is 0.441. The second-order valence-corrected chi connectivity index (χ2v) is 3.88. The van der Waals surface area contributed by atoms with Gasteiger partial charge in [-0.05, 0) is 18.4 Å². The maximum atomic E-state index is 8.38. The number of rotatable bonds is 1. The number of hydrogen-bond acceptors (Lipinski definition) is 4. The van der Waals surface area contributed by atoms with Gasteiger partial charge in [-0.3, -0.25) is 0 Å². The summed E-state index contributed by atoms with van der Waals surface area (Å²) < 4.78 is 5.29. The second kappa shape index (κ2) is 5.86. The lowest BCUT2D eigenvalue weighted by atomic mass is 10.3. The number of aliphatic imine (C=N–C) groups is 1. The molecule has 0 N–H and O–H groups in total. The Morgan fingerprint density at radius 3 is 2.87 bits per heavy atom. The van der Waals surface area contributed by atoms with Crippen LogP contribution in [0.25, 0.3) is 0 Å². The molecule has 3 nitrogen and oxygen atoms in total. The summed E-state index contributed by atoms with van der Waals surface area (Å²) in [5, 5.41) is 9.30. The zero-order valence-electron chi connectivity index (χ0n) is 7.70. The van der Waals surface area contributed by atoms with E-state index >= 15 is 0 Å². The van der Waals surface area contributed by atoms with Gasteiger partial charge >= 0.3 is 0 Å². The molecule has 1 rings (SSSR count). The molecule has 15 heavy (non-hydrogen) atoms. The van der Waals surface area contributed by atoms with Crippen LogP contribution in [0, 0.1) is 11.5 Å². The Hall–Kier alpha value is -0.890. The maximum absolute atomic E-state index is 8.38. The predicted octanol–water partition coefficient (Wildman–Crippen LogP) is 3.57. The molecule has 0 fully saturated rings. The van der Waals surface area contributed by atoms with Crippen LogP contribution in [0.15, 0.2) is 23.2 Å². The van der Waals surface area contributed by atoms with E-state index in [1.807, 2.05) is 0 Å². The van der Waals surface area contributed by atoms with Crippen LogP contribution in [0.4, 0.5) is 0 Å². The van der Waals surface area contributed by atoms with Crippen LogP contribution < -0.4 is 4.74 Å². The molecule has 0 aliphatic carbocycles. The molecule has 0 aromatic heterocycles. The third-order valence-electron chi connectivity index (χ3n) is 1.43. The molecule has 0 atom stereocenters. The van der Waals surface area contributed by atoms with E-state index in [0.717, 1.165) is 0 Å². The van der Waals surface area contributed by atoms with Crippen molar-refractivity contribution < 1.29 is 4.74 Å². The van der Waals surface area contributed by atoms with Gasteiger partial charge < -0.3 is 4.74 Å². The number of nitrogens with zero attached hydrogens (tertiary/aromatic N) is 2. The molecule has 6 heteroatoms. The van der Waals surface area contributed by atoms with Gasteiger partial charge in [-0.2, -0.15) is 5.26 Å². The lowest BCUT2D eigenvalue weighted by Crippen LogP contribution is -2.02. The van der Waals surface area contributed by atoms with Crippen LogP contribution in [-0.2, 0) is 0 Å². The highest BCUT2D eigenvalue weighted by Crippen LogP contribution is 2.32. The van der Waals surface area contributed by atoms with Crippen molar-refractivity contribution in [1.29, 1.82) is 5.26 Å². The molecule has 0 radical (unpaired) electrons. The van der Waals surface area contributed by atoms with Gasteiger partial charge in [0.2, 0.25) is 6.19 Å². The van der Waals surface area contributed by atoms with Gasteiger partial charge in [0, 0.05) is 0 Å². The Balaban J connectivity index is 2.95. The lowest BCUT2D eigenvalue weighted by Gasteiger charge is -2.07. The first-order chi connectivity index (χ1) is 7.19. The van der Waals surface area contributed by atoms with Crippen molar-refractivity contribution in [3.8, 4) is 11.9 Å². The largest absolute Gasteiger partial charge is 0.432 e. The van der Waals surface area contributed by atoms with Gasteiger partial charge in [-0.15, -0.1) is 4.99 Å². The van der Waals surface area contributed by atoms with Crippen LogP contribution in [0.5, 0.6) is 5.75 Å². The SMILES string of the molecule is CSC(=NC#N)Oc1cccc(Cl)c1Cl. The third-order valence-corrected chi connectivity index (χ3v) is 2.75. The highest BCUT2D eigenvalue weighted by Gasteiger charge is 2.08. The zero-order valence-corrected chi connectivity index (χ0v) is 10.0. The fraction of sp³-hybridized carbons (Fsp3) is 0.111. The number of nitriles is 1. The minimum Gasteiger partial charge on any atom is -0.432 e. The van der Waals surface area contributed by atoms with Crippen molar-refractivity contribution in [3.05, 3.63) is 28.2 Å². The van der Waals surface area contributed by atoms with Gasteiger partial charge in [0.15, 0.2) is 0 Å². The average Bonchev–Trinajstić information content (AvgIpc) is 2.24. The van der Waals surface area contributed by atoms with Gasteiger partial charge in [0.05, 0.1) is 5.02 Å². The van der Waals surface area contributed by atoms with E-state index in [4.69, 9.17) is 33.2 Å². The number of ether oxygens (including phenoxy) is 1. The average molecular weight is 261 g/mol. The molecule has 0 spiro atoms. The zero-order chi connectivity index (χ0) is 11.3. The fourth-order valence-electron chi connectivity index (χ4n) is 0.808. The number of thioether (sulfide) groups is 1. The fourth-order valence-corrected chi connectivity index (χ4v) is 1.44. The molecule has 78 valence electrons. The topological polar surface area (TPSA) is 45.4 Å². The first-order valence-electron chi connectivity index (χ1n) is 3.81. The number of benzene rings is 1. The molecule has 0 aliphatic rings. The van der Waals surface area contributed by atoms with Gasteiger partial charge in [-0.1, -0.05) is 41.0 Å². The van der Waals surface area contributed by atoms with Crippen molar-refractivity contribution >= 4 is 40.2 Å². The Kier molecular flexibility index (Phi) is 4.76. The molecular formula is C9H6Cl2N2OS. The van der Waals surface area contributed by atoms with Crippen molar-refractivity contribution in [2.45, 2.75) is 0 Å². The predicted molar refractivity (Wildman–Crippen MR) is 63.7 cm³/mol. The minimum atomic E-state index is 0.224. The Labute approximate surface area is 102 Å². The highest BCUT2D eigenvalue weighted by atomic mass is 35.5.